The van der Waals surface area contributed by atoms with Gasteiger partial charge in [0.1, 0.15) is 0 Å². The van der Waals surface area contributed by atoms with Gasteiger partial charge in [-0.2, -0.15) is 13.2 Å². The van der Waals surface area contributed by atoms with Gasteiger partial charge in [0.2, 0.25) is 10.0 Å². The third kappa shape index (κ3) is 4.23. The number of hydrogen-bond acceptors (Lipinski definition) is 3. The van der Waals surface area contributed by atoms with E-state index in [-0.39, 0.29) is 21.7 Å². The summed E-state index contributed by atoms with van der Waals surface area (Å²) in [5.74, 6) is -0.701. The van der Waals surface area contributed by atoms with Crippen LogP contribution in [0.4, 0.5) is 18.9 Å². The van der Waals surface area contributed by atoms with E-state index in [1.165, 1.54) is 44.3 Å². The Labute approximate surface area is 149 Å². The van der Waals surface area contributed by atoms with Crippen LogP contribution in [0.1, 0.15) is 27.0 Å². The lowest BCUT2D eigenvalue weighted by atomic mass is 10.1. The van der Waals surface area contributed by atoms with Crippen molar-refractivity contribution in [2.75, 3.05) is 12.4 Å². The number of alkyl halides is 3. The van der Waals surface area contributed by atoms with Crippen molar-refractivity contribution in [1.82, 2.24) is 4.72 Å². The molecule has 0 unspecified atom stereocenters. The van der Waals surface area contributed by atoms with Crippen molar-refractivity contribution >= 4 is 21.6 Å². The predicted octanol–water partition coefficient (Wildman–Crippen LogP) is 3.48. The molecule has 0 radical (unpaired) electrons. The normalized spacial score (nSPS) is 12.1. The van der Waals surface area contributed by atoms with Gasteiger partial charge in [0.05, 0.1) is 10.5 Å². The molecule has 0 heterocycles. The first-order valence-electron chi connectivity index (χ1n) is 7.49. The number of benzene rings is 2. The van der Waals surface area contributed by atoms with Gasteiger partial charge in [-0.1, -0.05) is 12.1 Å². The molecule has 0 fully saturated rings. The average molecular weight is 386 g/mol. The van der Waals surface area contributed by atoms with E-state index >= 15 is 0 Å². The van der Waals surface area contributed by atoms with Gasteiger partial charge < -0.3 is 5.32 Å². The quantitative estimate of drug-likeness (QED) is 0.845. The summed E-state index contributed by atoms with van der Waals surface area (Å²) in [5.41, 5.74) is -0.308. The van der Waals surface area contributed by atoms with Crippen molar-refractivity contribution < 1.29 is 26.4 Å². The Balaban J connectivity index is 2.38. The Morgan fingerprint density at radius 3 is 2.19 bits per heavy atom. The maximum atomic E-state index is 13.0. The van der Waals surface area contributed by atoms with Gasteiger partial charge in [-0.3, -0.25) is 4.79 Å². The Morgan fingerprint density at radius 1 is 1.00 bits per heavy atom. The molecule has 0 atom stereocenters. The van der Waals surface area contributed by atoms with Gasteiger partial charge in [-0.15, -0.1) is 0 Å². The largest absolute Gasteiger partial charge is 0.416 e. The predicted molar refractivity (Wildman–Crippen MR) is 91.6 cm³/mol. The molecule has 0 spiro atoms. The fourth-order valence-corrected chi connectivity index (χ4v) is 3.09. The molecule has 5 nitrogen and oxygen atoms in total. The van der Waals surface area contributed by atoms with E-state index in [1.807, 2.05) is 0 Å². The number of sulfonamides is 1. The molecule has 0 aliphatic heterocycles. The molecule has 26 heavy (non-hydrogen) atoms. The van der Waals surface area contributed by atoms with E-state index in [2.05, 4.69) is 10.0 Å². The molecule has 0 bridgehead atoms. The molecule has 0 aromatic heterocycles. The number of carbonyl (C=O) groups is 1. The van der Waals surface area contributed by atoms with Crippen LogP contribution in [0.5, 0.6) is 0 Å². The highest BCUT2D eigenvalue weighted by molar-refractivity contribution is 7.89. The smallest absolute Gasteiger partial charge is 0.322 e. The molecule has 1 amide bonds. The number of nitrogens with one attached hydrogen (secondary N) is 2. The molecule has 0 aliphatic rings. The fourth-order valence-electron chi connectivity index (χ4n) is 2.33. The van der Waals surface area contributed by atoms with Crippen LogP contribution >= 0.6 is 0 Å². The van der Waals surface area contributed by atoms with Crippen molar-refractivity contribution in [3.05, 3.63) is 58.7 Å². The minimum atomic E-state index is -4.54. The summed E-state index contributed by atoms with van der Waals surface area (Å²) in [6.45, 7) is 2.92. The Kier molecular flexibility index (Phi) is 5.43. The third-order valence-electron chi connectivity index (χ3n) is 3.83. The summed E-state index contributed by atoms with van der Waals surface area (Å²) in [6.07, 6.45) is -4.54. The van der Waals surface area contributed by atoms with Crippen LogP contribution in [-0.2, 0) is 16.2 Å². The first-order valence-corrected chi connectivity index (χ1v) is 8.97. The van der Waals surface area contributed by atoms with Crippen LogP contribution in [0, 0.1) is 13.8 Å². The molecule has 2 aromatic carbocycles. The molecular weight excluding hydrogens is 369 g/mol. The minimum absolute atomic E-state index is 0.0331. The van der Waals surface area contributed by atoms with Crippen molar-refractivity contribution in [3.63, 3.8) is 0 Å². The van der Waals surface area contributed by atoms with Gasteiger partial charge in [0.25, 0.3) is 5.91 Å². The van der Waals surface area contributed by atoms with Gasteiger partial charge >= 0.3 is 6.18 Å². The summed E-state index contributed by atoms with van der Waals surface area (Å²) in [5, 5.41) is 2.38. The second-order valence-corrected chi connectivity index (χ2v) is 7.55. The van der Waals surface area contributed by atoms with Crippen LogP contribution in [0.15, 0.2) is 41.3 Å². The topological polar surface area (TPSA) is 75.3 Å². The van der Waals surface area contributed by atoms with Crippen molar-refractivity contribution in [2.24, 2.45) is 0 Å². The monoisotopic (exact) mass is 386 g/mol. The number of anilines is 1. The Morgan fingerprint density at radius 2 is 1.62 bits per heavy atom. The Bertz CT molecular complexity index is 954. The van der Waals surface area contributed by atoms with E-state index in [9.17, 15) is 26.4 Å². The second kappa shape index (κ2) is 7.08. The van der Waals surface area contributed by atoms with Gasteiger partial charge in [0, 0.05) is 11.3 Å². The van der Waals surface area contributed by atoms with Crippen LogP contribution < -0.4 is 10.0 Å². The fraction of sp³-hybridized carbons (Fsp3) is 0.235. The first-order chi connectivity index (χ1) is 12.0. The molecular formula is C17H17F3N2O3S. The average Bonchev–Trinajstić information content (AvgIpc) is 2.55. The maximum Gasteiger partial charge on any atom is 0.416 e. The van der Waals surface area contributed by atoms with Crippen LogP contribution in [0.3, 0.4) is 0 Å². The van der Waals surface area contributed by atoms with Gasteiger partial charge in [0.15, 0.2) is 0 Å². The maximum absolute atomic E-state index is 13.0. The number of hydrogen-bond donors (Lipinski definition) is 2. The zero-order valence-electron chi connectivity index (χ0n) is 14.2. The summed E-state index contributed by atoms with van der Waals surface area (Å²) < 4.78 is 64.8. The van der Waals surface area contributed by atoms with Crippen LogP contribution in [0.25, 0.3) is 0 Å². The summed E-state index contributed by atoms with van der Waals surface area (Å²) in [7, 11) is -2.52. The lowest BCUT2D eigenvalue weighted by Gasteiger charge is -2.14. The number of aryl methyl sites for hydroxylation is 2. The van der Waals surface area contributed by atoms with Crippen molar-refractivity contribution in [2.45, 2.75) is 24.9 Å². The van der Waals surface area contributed by atoms with Crippen LogP contribution in [-0.4, -0.2) is 21.4 Å². The zero-order valence-corrected chi connectivity index (χ0v) is 15.0. The van der Waals surface area contributed by atoms with Gasteiger partial charge in [-0.05, 0) is 56.3 Å². The van der Waals surface area contributed by atoms with E-state index in [0.29, 0.717) is 5.56 Å². The summed E-state index contributed by atoms with van der Waals surface area (Å²) in [4.78, 5) is 12.3. The number of carbonyl (C=O) groups excluding carboxylic acids is 1. The summed E-state index contributed by atoms with van der Waals surface area (Å²) in [6, 6.07) is 7.42. The third-order valence-corrected chi connectivity index (χ3v) is 5.25. The molecule has 0 saturated heterocycles. The minimum Gasteiger partial charge on any atom is -0.322 e. The number of amides is 1. The lowest BCUT2D eigenvalue weighted by molar-refractivity contribution is -0.138. The Hall–Kier alpha value is -2.39. The molecule has 2 aromatic rings. The standard InChI is InChI=1S/C17H17F3N2O3S/c1-10-5-7-13(26(24,25)21-3)9-14(10)16(23)22-12-6-4-11(2)15(8-12)17(18,19)20/h4-9,21H,1-3H3,(H,22,23). The van der Waals surface area contributed by atoms with E-state index in [0.717, 1.165) is 6.07 Å². The van der Waals surface area contributed by atoms with E-state index in [1.54, 1.807) is 6.92 Å². The van der Waals surface area contributed by atoms with Gasteiger partial charge in [-0.25, -0.2) is 13.1 Å². The number of rotatable bonds is 4. The van der Waals surface area contributed by atoms with Crippen LogP contribution in [0.2, 0.25) is 0 Å². The first kappa shape index (κ1) is 19.9. The highest BCUT2D eigenvalue weighted by Gasteiger charge is 2.32. The highest BCUT2D eigenvalue weighted by Crippen LogP contribution is 2.33. The number of halogens is 3. The molecule has 2 rings (SSSR count). The van der Waals surface area contributed by atoms with Crippen molar-refractivity contribution in [1.29, 1.82) is 0 Å². The SMILES string of the molecule is CNS(=O)(=O)c1ccc(C)c(C(=O)Nc2ccc(C)c(C(F)(F)F)c2)c1. The highest BCUT2D eigenvalue weighted by atomic mass is 32.2. The lowest BCUT2D eigenvalue weighted by Crippen LogP contribution is -2.20. The summed E-state index contributed by atoms with van der Waals surface area (Å²) >= 11 is 0. The molecule has 2 N–H and O–H groups in total. The molecule has 0 saturated carbocycles. The van der Waals surface area contributed by atoms with E-state index in [4.69, 9.17) is 0 Å². The molecule has 0 aliphatic carbocycles. The second-order valence-electron chi connectivity index (χ2n) is 5.67. The van der Waals surface area contributed by atoms with E-state index < -0.39 is 27.7 Å². The zero-order chi connectivity index (χ0) is 19.7. The van der Waals surface area contributed by atoms with Crippen molar-refractivity contribution in [3.8, 4) is 0 Å². The molecule has 9 heteroatoms. The molecule has 140 valence electrons.